The molecule has 0 amide bonds. The van der Waals surface area contributed by atoms with E-state index in [1.54, 1.807) is 12.2 Å². The third-order valence-electron chi connectivity index (χ3n) is 2.87. The molecule has 22 heavy (non-hydrogen) atoms. The molecular weight excluding hydrogens is 289 g/mol. The van der Waals surface area contributed by atoms with Crippen molar-refractivity contribution in [3.63, 3.8) is 0 Å². The normalized spacial score (nSPS) is 16.2. The van der Waals surface area contributed by atoms with Crippen molar-refractivity contribution in [1.29, 1.82) is 0 Å². The van der Waals surface area contributed by atoms with E-state index in [-0.39, 0.29) is 6.42 Å². The zero-order valence-corrected chi connectivity index (χ0v) is 13.6. The van der Waals surface area contributed by atoms with Crippen molar-refractivity contribution in [2.24, 2.45) is 0 Å². The number of carbonyl (C=O) groups is 1. The number of hydrogen-bond donors (Lipinski definition) is 1. The first-order chi connectivity index (χ1) is 10.7. The van der Waals surface area contributed by atoms with Gasteiger partial charge in [0, 0.05) is 26.1 Å². The molecule has 1 N–H and O–H groups in total. The Bertz CT molecular complexity index is 339. The van der Waals surface area contributed by atoms with Crippen LogP contribution < -0.4 is 0 Å². The van der Waals surface area contributed by atoms with Crippen LogP contribution >= 0.6 is 0 Å². The minimum atomic E-state index is -0.848. The highest BCUT2D eigenvalue weighted by molar-refractivity contribution is 5.66. The lowest BCUT2D eigenvalue weighted by Gasteiger charge is -2.26. The molecule has 1 saturated heterocycles. The average molecular weight is 317 g/mol. The Hall–Kier alpha value is -1.40. The van der Waals surface area contributed by atoms with Crippen molar-refractivity contribution < 1.29 is 23.8 Å². The van der Waals surface area contributed by atoms with Gasteiger partial charge in [-0.2, -0.15) is 0 Å². The van der Waals surface area contributed by atoms with E-state index < -0.39 is 12.6 Å². The van der Waals surface area contributed by atoms with Gasteiger partial charge in [-0.15, -0.1) is 0 Å². The predicted octanol–water partition coefficient (Wildman–Crippen LogP) is 2.64. The number of ether oxygens (including phenoxy) is 2. The number of rotatable bonds is 9. The van der Waals surface area contributed by atoms with Crippen molar-refractivity contribution in [1.82, 2.24) is 4.90 Å². The standard InChI is InChI=1S/C14H22FNO4.C2H6/c15-6-5-13(3-1-2-4-14(17)18)20-12-9-16-7-10-19-11-8-16;1-2/h1,3,5H,2,4,6-12H2,(H,17,18);1-2H3/b3-1-,13-5+;. The summed E-state index contributed by atoms with van der Waals surface area (Å²) in [4.78, 5) is 12.6. The largest absolute Gasteiger partial charge is 0.493 e. The molecule has 0 spiro atoms. The third kappa shape index (κ3) is 11.3. The lowest BCUT2D eigenvalue weighted by atomic mass is 10.3. The third-order valence-corrected chi connectivity index (χ3v) is 2.87. The molecule has 0 saturated carbocycles. The number of halogens is 1. The minimum absolute atomic E-state index is 0.0627. The summed E-state index contributed by atoms with van der Waals surface area (Å²) in [5.41, 5.74) is 0. The molecule has 0 radical (unpaired) electrons. The van der Waals surface area contributed by atoms with Crippen LogP contribution in [0.2, 0.25) is 0 Å². The van der Waals surface area contributed by atoms with Gasteiger partial charge in [0.1, 0.15) is 19.0 Å². The van der Waals surface area contributed by atoms with E-state index in [0.717, 1.165) is 32.8 Å². The molecule has 0 aromatic rings. The van der Waals surface area contributed by atoms with Gasteiger partial charge in [-0.05, 0) is 18.6 Å². The van der Waals surface area contributed by atoms with Crippen molar-refractivity contribution >= 4 is 5.97 Å². The summed E-state index contributed by atoms with van der Waals surface area (Å²) < 4.78 is 23.1. The van der Waals surface area contributed by atoms with Crippen molar-refractivity contribution in [3.05, 3.63) is 24.0 Å². The molecule has 5 nitrogen and oxygen atoms in total. The first-order valence-electron chi connectivity index (χ1n) is 7.79. The molecule has 0 unspecified atom stereocenters. The van der Waals surface area contributed by atoms with E-state index in [4.69, 9.17) is 14.6 Å². The maximum atomic E-state index is 12.4. The van der Waals surface area contributed by atoms with Crippen molar-refractivity contribution in [2.75, 3.05) is 46.1 Å². The summed E-state index contributed by atoms with van der Waals surface area (Å²) in [5.74, 6) is -0.398. The number of morpholine rings is 1. The summed E-state index contributed by atoms with van der Waals surface area (Å²) in [5, 5.41) is 8.51. The Morgan fingerprint density at radius 3 is 2.64 bits per heavy atom. The van der Waals surface area contributed by atoms with Gasteiger partial charge in [0.15, 0.2) is 0 Å². The summed E-state index contributed by atoms with van der Waals surface area (Å²) in [7, 11) is 0. The van der Waals surface area contributed by atoms with Gasteiger partial charge < -0.3 is 14.6 Å². The zero-order chi connectivity index (χ0) is 16.6. The van der Waals surface area contributed by atoms with Gasteiger partial charge in [0.25, 0.3) is 0 Å². The zero-order valence-electron chi connectivity index (χ0n) is 13.6. The SMILES string of the molecule is CC.O=C(O)CC/C=C\C(=C/CF)OCCN1CCOCC1. The molecular formula is C16H28FNO4. The first-order valence-corrected chi connectivity index (χ1v) is 7.79. The van der Waals surface area contributed by atoms with Crippen LogP contribution in [0.5, 0.6) is 0 Å². The van der Waals surface area contributed by atoms with Crippen LogP contribution in [0.1, 0.15) is 26.7 Å². The van der Waals surface area contributed by atoms with Gasteiger partial charge in [0.05, 0.1) is 13.2 Å². The monoisotopic (exact) mass is 317 g/mol. The maximum Gasteiger partial charge on any atom is 0.303 e. The Kier molecular flexibility index (Phi) is 13.6. The molecule has 1 fully saturated rings. The summed E-state index contributed by atoms with van der Waals surface area (Å²) >= 11 is 0. The van der Waals surface area contributed by atoms with E-state index in [1.165, 1.54) is 6.08 Å². The van der Waals surface area contributed by atoms with Crippen LogP contribution in [0.3, 0.4) is 0 Å². The number of aliphatic carboxylic acids is 1. The second kappa shape index (κ2) is 14.5. The molecule has 1 aliphatic rings. The molecule has 0 aliphatic carbocycles. The molecule has 0 atom stereocenters. The molecule has 0 bridgehead atoms. The highest BCUT2D eigenvalue weighted by Gasteiger charge is 2.09. The molecule has 6 heteroatoms. The molecule has 128 valence electrons. The second-order valence-corrected chi connectivity index (χ2v) is 4.40. The van der Waals surface area contributed by atoms with Gasteiger partial charge >= 0.3 is 5.97 Å². The smallest absolute Gasteiger partial charge is 0.303 e. The number of nitrogens with zero attached hydrogens (tertiary/aromatic N) is 1. The lowest BCUT2D eigenvalue weighted by molar-refractivity contribution is -0.136. The Balaban J connectivity index is 0.00000211. The second-order valence-electron chi connectivity index (χ2n) is 4.40. The van der Waals surface area contributed by atoms with Gasteiger partial charge in [-0.1, -0.05) is 19.9 Å². The fourth-order valence-corrected chi connectivity index (χ4v) is 1.77. The Labute approximate surface area is 132 Å². The van der Waals surface area contributed by atoms with E-state index in [9.17, 15) is 9.18 Å². The van der Waals surface area contributed by atoms with Gasteiger partial charge in [-0.25, -0.2) is 4.39 Å². The van der Waals surface area contributed by atoms with E-state index >= 15 is 0 Å². The predicted molar refractivity (Wildman–Crippen MR) is 84.6 cm³/mol. The lowest BCUT2D eigenvalue weighted by Crippen LogP contribution is -2.38. The topological polar surface area (TPSA) is 59.0 Å². The van der Waals surface area contributed by atoms with E-state index in [0.29, 0.717) is 18.8 Å². The number of allylic oxidation sites excluding steroid dienone is 3. The summed E-state index contributed by atoms with van der Waals surface area (Å²) in [6, 6.07) is 0. The summed E-state index contributed by atoms with van der Waals surface area (Å²) in [6.45, 7) is 7.91. The van der Waals surface area contributed by atoms with Gasteiger partial charge in [-0.3, -0.25) is 9.69 Å². The molecule has 0 aromatic carbocycles. The van der Waals surface area contributed by atoms with Crippen LogP contribution in [0.15, 0.2) is 24.0 Å². The average Bonchev–Trinajstić information content (AvgIpc) is 2.54. The first kappa shape index (κ1) is 20.6. The number of carboxylic acids is 1. The number of carboxylic acid groups (broad SMARTS) is 1. The van der Waals surface area contributed by atoms with E-state index in [1.807, 2.05) is 13.8 Å². The van der Waals surface area contributed by atoms with Crippen LogP contribution in [-0.2, 0) is 14.3 Å². The van der Waals surface area contributed by atoms with Crippen LogP contribution in [-0.4, -0.2) is 62.1 Å². The van der Waals surface area contributed by atoms with Gasteiger partial charge in [0.2, 0.25) is 0 Å². The molecule has 1 rings (SSSR count). The quantitative estimate of drug-likeness (QED) is 0.523. The molecule has 1 aliphatic heterocycles. The highest BCUT2D eigenvalue weighted by Crippen LogP contribution is 2.04. The van der Waals surface area contributed by atoms with Crippen molar-refractivity contribution in [3.8, 4) is 0 Å². The van der Waals surface area contributed by atoms with E-state index in [2.05, 4.69) is 4.90 Å². The van der Waals surface area contributed by atoms with Crippen LogP contribution in [0.25, 0.3) is 0 Å². The summed E-state index contributed by atoms with van der Waals surface area (Å²) in [6.07, 6.45) is 5.13. The fourth-order valence-electron chi connectivity index (χ4n) is 1.77. The minimum Gasteiger partial charge on any atom is -0.493 e. The van der Waals surface area contributed by atoms with Crippen LogP contribution in [0.4, 0.5) is 4.39 Å². The Morgan fingerprint density at radius 2 is 2.05 bits per heavy atom. The highest BCUT2D eigenvalue weighted by atomic mass is 19.1. The number of hydrogen-bond acceptors (Lipinski definition) is 4. The number of alkyl halides is 1. The van der Waals surface area contributed by atoms with Crippen LogP contribution in [0, 0.1) is 0 Å². The molecule has 1 heterocycles. The fraction of sp³-hybridized carbons (Fsp3) is 0.688. The van der Waals surface area contributed by atoms with Crippen molar-refractivity contribution in [2.45, 2.75) is 26.7 Å². The maximum absolute atomic E-state index is 12.4. The Morgan fingerprint density at radius 1 is 1.36 bits per heavy atom. The molecule has 0 aromatic heterocycles.